The van der Waals surface area contributed by atoms with Crippen molar-refractivity contribution in [3.05, 3.63) is 81.7 Å². The monoisotopic (exact) mass is 512 g/mol. The number of hydrogen-bond donors (Lipinski definition) is 1. The molecule has 2 aromatic heterocycles. The Kier molecular flexibility index (Phi) is 6.63. The standard InChI is InChI=1S/C31H32N2O3S/c1-18-10-15-22-26(16-18)37-29(27(22)30(35)36-5)33-28(34)23-17-25(32-24-9-7-6-8-21(23)24)19-11-13-20(14-12-19)31(2,3)4/h6-9,11-14,17-18H,10,15-16H2,1-5H3,(H,33,34)/t18-/m1/s1. The predicted octanol–water partition coefficient (Wildman–Crippen LogP) is 7.42. The Morgan fingerprint density at radius 1 is 1.08 bits per heavy atom. The molecular weight excluding hydrogens is 480 g/mol. The van der Waals surface area contributed by atoms with Crippen molar-refractivity contribution in [2.45, 2.75) is 52.4 Å². The molecule has 37 heavy (non-hydrogen) atoms. The number of hydrogen-bond acceptors (Lipinski definition) is 5. The van der Waals surface area contributed by atoms with E-state index in [4.69, 9.17) is 9.72 Å². The van der Waals surface area contributed by atoms with Gasteiger partial charge in [-0.15, -0.1) is 11.3 Å². The fraction of sp³-hybridized carbons (Fsp3) is 0.323. The average molecular weight is 513 g/mol. The van der Waals surface area contributed by atoms with Crippen molar-refractivity contribution in [2.75, 3.05) is 12.4 Å². The first-order valence-electron chi connectivity index (χ1n) is 12.7. The quantitative estimate of drug-likeness (QED) is 0.289. The van der Waals surface area contributed by atoms with Crippen LogP contribution in [0, 0.1) is 5.92 Å². The molecule has 190 valence electrons. The summed E-state index contributed by atoms with van der Waals surface area (Å²) in [5.74, 6) is -0.110. The van der Waals surface area contributed by atoms with Crippen molar-refractivity contribution >= 4 is 39.1 Å². The van der Waals surface area contributed by atoms with Gasteiger partial charge in [-0.25, -0.2) is 9.78 Å². The average Bonchev–Trinajstić information content (AvgIpc) is 3.23. The second kappa shape index (κ2) is 9.75. The molecule has 1 amide bonds. The molecule has 0 radical (unpaired) electrons. The van der Waals surface area contributed by atoms with Gasteiger partial charge in [-0.05, 0) is 53.9 Å². The van der Waals surface area contributed by atoms with Crippen LogP contribution in [0.4, 0.5) is 5.00 Å². The van der Waals surface area contributed by atoms with Gasteiger partial charge < -0.3 is 10.1 Å². The van der Waals surface area contributed by atoms with Crippen molar-refractivity contribution in [1.29, 1.82) is 0 Å². The number of nitrogens with zero attached hydrogens (tertiary/aromatic N) is 1. The van der Waals surface area contributed by atoms with Crippen LogP contribution in [0.1, 0.15) is 70.8 Å². The van der Waals surface area contributed by atoms with Crippen molar-refractivity contribution in [1.82, 2.24) is 4.98 Å². The highest BCUT2D eigenvalue weighted by Gasteiger charge is 2.29. The highest BCUT2D eigenvalue weighted by Crippen LogP contribution is 2.40. The number of amides is 1. The lowest BCUT2D eigenvalue weighted by molar-refractivity contribution is 0.0601. The molecule has 0 aliphatic heterocycles. The normalized spacial score (nSPS) is 15.3. The van der Waals surface area contributed by atoms with Crippen LogP contribution >= 0.6 is 11.3 Å². The number of ether oxygens (including phenoxy) is 1. The summed E-state index contributed by atoms with van der Waals surface area (Å²) in [6.45, 7) is 8.77. The smallest absolute Gasteiger partial charge is 0.341 e. The summed E-state index contributed by atoms with van der Waals surface area (Å²) in [6, 6.07) is 17.9. The number of thiophene rings is 1. The second-order valence-electron chi connectivity index (χ2n) is 10.9. The summed E-state index contributed by atoms with van der Waals surface area (Å²) in [4.78, 5) is 32.5. The van der Waals surface area contributed by atoms with Gasteiger partial charge in [0.05, 0.1) is 29.4 Å². The third-order valence-corrected chi connectivity index (χ3v) is 8.31. The van der Waals surface area contributed by atoms with E-state index in [9.17, 15) is 9.59 Å². The van der Waals surface area contributed by atoms with E-state index in [1.165, 1.54) is 24.0 Å². The zero-order chi connectivity index (χ0) is 26.3. The third-order valence-electron chi connectivity index (χ3n) is 7.14. The number of carbonyl (C=O) groups is 2. The topological polar surface area (TPSA) is 68.3 Å². The van der Waals surface area contributed by atoms with Crippen molar-refractivity contribution in [3.8, 4) is 11.3 Å². The first-order chi connectivity index (χ1) is 17.7. The number of carbonyl (C=O) groups excluding carboxylic acids is 2. The Morgan fingerprint density at radius 2 is 1.81 bits per heavy atom. The van der Waals surface area contributed by atoms with Gasteiger partial charge in [0.15, 0.2) is 0 Å². The number of rotatable bonds is 4. The van der Waals surface area contributed by atoms with Crippen molar-refractivity contribution in [2.24, 2.45) is 5.92 Å². The molecule has 0 saturated heterocycles. The highest BCUT2D eigenvalue weighted by molar-refractivity contribution is 7.17. The zero-order valence-corrected chi connectivity index (χ0v) is 22.8. The van der Waals surface area contributed by atoms with Gasteiger partial charge >= 0.3 is 5.97 Å². The molecule has 0 bridgehead atoms. The Bertz CT molecular complexity index is 1500. The number of para-hydroxylation sites is 1. The van der Waals surface area contributed by atoms with Crippen molar-refractivity contribution in [3.63, 3.8) is 0 Å². The molecule has 6 heteroatoms. The molecule has 1 aliphatic rings. The van der Waals surface area contributed by atoms with Gasteiger partial charge in [0, 0.05) is 15.8 Å². The van der Waals surface area contributed by atoms with Gasteiger partial charge in [0.1, 0.15) is 5.00 Å². The van der Waals surface area contributed by atoms with E-state index in [0.29, 0.717) is 22.0 Å². The SMILES string of the molecule is COC(=O)c1c(NC(=O)c2cc(-c3ccc(C(C)(C)C)cc3)nc3ccccc23)sc2c1CC[C@@H](C)C2. The molecule has 1 atom stereocenters. The number of fused-ring (bicyclic) bond motifs is 2. The molecule has 1 aliphatic carbocycles. The van der Waals surface area contributed by atoms with Crippen LogP contribution in [0.15, 0.2) is 54.6 Å². The fourth-order valence-electron chi connectivity index (χ4n) is 4.98. The molecule has 0 unspecified atom stereocenters. The van der Waals surface area contributed by atoms with E-state index in [0.717, 1.165) is 51.9 Å². The Hall–Kier alpha value is -3.51. The van der Waals surface area contributed by atoms with Crippen LogP contribution in [0.2, 0.25) is 0 Å². The number of aromatic nitrogens is 1. The first-order valence-corrected chi connectivity index (χ1v) is 13.5. The molecule has 5 rings (SSSR count). The minimum atomic E-state index is -0.401. The number of benzene rings is 2. The Labute approximate surface area is 221 Å². The van der Waals surface area contributed by atoms with Crippen LogP contribution in [-0.2, 0) is 23.0 Å². The summed E-state index contributed by atoms with van der Waals surface area (Å²) in [5.41, 5.74) is 5.76. The molecular formula is C31H32N2O3S. The molecule has 2 heterocycles. The maximum absolute atomic E-state index is 13.8. The van der Waals surface area contributed by atoms with Crippen LogP contribution in [-0.4, -0.2) is 24.0 Å². The van der Waals surface area contributed by atoms with Gasteiger partial charge in [0.25, 0.3) is 5.91 Å². The van der Waals surface area contributed by atoms with E-state index in [-0.39, 0.29) is 11.3 Å². The van der Waals surface area contributed by atoms with E-state index in [2.05, 4.69) is 57.3 Å². The summed E-state index contributed by atoms with van der Waals surface area (Å²) >= 11 is 1.49. The van der Waals surface area contributed by atoms with E-state index in [1.807, 2.05) is 30.3 Å². The lowest BCUT2D eigenvalue weighted by Crippen LogP contribution is -2.16. The number of anilines is 1. The number of methoxy groups -OCH3 is 1. The zero-order valence-electron chi connectivity index (χ0n) is 22.0. The van der Waals surface area contributed by atoms with Crippen LogP contribution in [0.5, 0.6) is 0 Å². The Morgan fingerprint density at radius 3 is 2.51 bits per heavy atom. The second-order valence-corrected chi connectivity index (χ2v) is 12.0. The summed E-state index contributed by atoms with van der Waals surface area (Å²) in [6.07, 6.45) is 2.75. The minimum Gasteiger partial charge on any atom is -0.465 e. The first kappa shape index (κ1) is 25.2. The predicted molar refractivity (Wildman–Crippen MR) is 151 cm³/mol. The van der Waals surface area contributed by atoms with E-state index in [1.54, 1.807) is 0 Å². The summed E-state index contributed by atoms with van der Waals surface area (Å²) in [7, 11) is 1.39. The number of esters is 1. The summed E-state index contributed by atoms with van der Waals surface area (Å²) < 4.78 is 5.10. The van der Waals surface area contributed by atoms with Crippen LogP contribution in [0.3, 0.4) is 0 Å². The van der Waals surface area contributed by atoms with Gasteiger partial charge in [-0.1, -0.05) is 70.2 Å². The van der Waals surface area contributed by atoms with Crippen molar-refractivity contribution < 1.29 is 14.3 Å². The lowest BCUT2D eigenvalue weighted by atomic mass is 9.86. The highest BCUT2D eigenvalue weighted by atomic mass is 32.1. The number of nitrogens with one attached hydrogen (secondary N) is 1. The molecule has 2 aromatic carbocycles. The molecule has 5 nitrogen and oxygen atoms in total. The fourth-order valence-corrected chi connectivity index (χ4v) is 6.37. The Balaban J connectivity index is 1.56. The lowest BCUT2D eigenvalue weighted by Gasteiger charge is -2.19. The molecule has 1 N–H and O–H groups in total. The van der Waals surface area contributed by atoms with E-state index < -0.39 is 5.97 Å². The van der Waals surface area contributed by atoms with Crippen LogP contribution < -0.4 is 5.32 Å². The third kappa shape index (κ3) is 4.90. The maximum Gasteiger partial charge on any atom is 0.341 e. The van der Waals surface area contributed by atoms with Gasteiger partial charge in [-0.3, -0.25) is 4.79 Å². The summed E-state index contributed by atoms with van der Waals surface area (Å²) in [5, 5.41) is 4.40. The molecule has 0 saturated carbocycles. The van der Waals surface area contributed by atoms with Gasteiger partial charge in [-0.2, -0.15) is 0 Å². The molecule has 0 fully saturated rings. The number of pyridine rings is 1. The largest absolute Gasteiger partial charge is 0.465 e. The van der Waals surface area contributed by atoms with Crippen LogP contribution in [0.25, 0.3) is 22.2 Å². The maximum atomic E-state index is 13.8. The van der Waals surface area contributed by atoms with E-state index >= 15 is 0 Å². The minimum absolute atomic E-state index is 0.0510. The molecule has 0 spiro atoms. The van der Waals surface area contributed by atoms with Gasteiger partial charge in [0.2, 0.25) is 0 Å². The molecule has 4 aromatic rings.